The van der Waals surface area contributed by atoms with Gasteiger partial charge in [0.25, 0.3) is 0 Å². The maximum absolute atomic E-state index is 2.47. The van der Waals surface area contributed by atoms with Crippen molar-refractivity contribution in [3.8, 4) is 9.75 Å². The zero-order chi connectivity index (χ0) is 15.2. The van der Waals surface area contributed by atoms with E-state index in [1.807, 2.05) is 22.7 Å². The first-order valence-electron chi connectivity index (χ1n) is 8.40. The Labute approximate surface area is 138 Å². The van der Waals surface area contributed by atoms with E-state index in [2.05, 4.69) is 39.8 Å². The van der Waals surface area contributed by atoms with Gasteiger partial charge in [-0.3, -0.25) is 0 Å². The molecule has 2 rings (SSSR count). The minimum atomic E-state index is 1.16. The van der Waals surface area contributed by atoms with Crippen LogP contribution in [-0.4, -0.2) is 0 Å². The molecule has 2 heterocycles. The molecule has 0 unspecified atom stereocenters. The van der Waals surface area contributed by atoms with Gasteiger partial charge in [0, 0.05) is 19.5 Å². The second-order valence-electron chi connectivity index (χ2n) is 5.82. The van der Waals surface area contributed by atoms with Crippen LogP contribution in [0.2, 0.25) is 0 Å². The van der Waals surface area contributed by atoms with E-state index >= 15 is 0 Å². The lowest BCUT2D eigenvalue weighted by Crippen LogP contribution is -1.84. The molecule has 0 N–H and O–H groups in total. The summed E-state index contributed by atoms with van der Waals surface area (Å²) in [6.45, 7) is 9.12. The van der Waals surface area contributed by atoms with Gasteiger partial charge < -0.3 is 0 Å². The Hall–Kier alpha value is -0.600. The third kappa shape index (κ3) is 4.20. The summed E-state index contributed by atoms with van der Waals surface area (Å²) in [5.41, 5.74) is 3.16. The number of rotatable bonds is 8. The molecule has 0 radical (unpaired) electrons. The van der Waals surface area contributed by atoms with Crippen LogP contribution in [0, 0.1) is 6.92 Å². The third-order valence-electron chi connectivity index (χ3n) is 4.05. The average Bonchev–Trinajstić information content (AvgIpc) is 3.06. The van der Waals surface area contributed by atoms with Gasteiger partial charge in [-0.05, 0) is 62.3 Å². The maximum atomic E-state index is 2.47. The Balaban J connectivity index is 2.29. The van der Waals surface area contributed by atoms with Crippen LogP contribution in [0.25, 0.3) is 9.75 Å². The Morgan fingerprint density at radius 2 is 1.52 bits per heavy atom. The molecule has 0 bridgehead atoms. The topological polar surface area (TPSA) is 0 Å². The van der Waals surface area contributed by atoms with Gasteiger partial charge in [0.1, 0.15) is 0 Å². The van der Waals surface area contributed by atoms with E-state index in [1.54, 1.807) is 16.0 Å². The Kier molecular flexibility index (Phi) is 6.50. The highest BCUT2D eigenvalue weighted by atomic mass is 32.1. The SMILES string of the molecule is CCCCc1cc(-c2sc(CC)cc2CCCC)sc1C. The molecule has 0 aromatic carbocycles. The minimum Gasteiger partial charge on any atom is -0.139 e. The van der Waals surface area contributed by atoms with Gasteiger partial charge in [0.15, 0.2) is 0 Å². The van der Waals surface area contributed by atoms with E-state index in [0.29, 0.717) is 0 Å². The molecular formula is C19H28S2. The summed E-state index contributed by atoms with van der Waals surface area (Å²) in [6.07, 6.45) is 8.83. The van der Waals surface area contributed by atoms with Crippen LogP contribution in [0.5, 0.6) is 0 Å². The van der Waals surface area contributed by atoms with E-state index < -0.39 is 0 Å². The zero-order valence-electron chi connectivity index (χ0n) is 13.9. The van der Waals surface area contributed by atoms with Crippen molar-refractivity contribution >= 4 is 22.7 Å². The Morgan fingerprint density at radius 3 is 2.14 bits per heavy atom. The molecule has 2 aromatic heterocycles. The Morgan fingerprint density at radius 1 is 0.857 bits per heavy atom. The normalized spacial score (nSPS) is 11.2. The molecule has 0 fully saturated rings. The average molecular weight is 321 g/mol. The van der Waals surface area contributed by atoms with Crippen molar-refractivity contribution in [1.82, 2.24) is 0 Å². The lowest BCUT2D eigenvalue weighted by atomic mass is 10.1. The second-order valence-corrected chi connectivity index (χ2v) is 8.21. The predicted octanol–water partition coefficient (Wildman–Crippen LogP) is 7.03. The highest BCUT2D eigenvalue weighted by molar-refractivity contribution is 7.22. The molecule has 0 saturated heterocycles. The van der Waals surface area contributed by atoms with Gasteiger partial charge in [-0.25, -0.2) is 0 Å². The highest BCUT2D eigenvalue weighted by Crippen LogP contribution is 2.39. The van der Waals surface area contributed by atoms with Gasteiger partial charge in [-0.15, -0.1) is 22.7 Å². The molecule has 0 nitrogen and oxygen atoms in total. The molecule has 2 aromatic rings. The largest absolute Gasteiger partial charge is 0.139 e. The monoisotopic (exact) mass is 320 g/mol. The fourth-order valence-corrected chi connectivity index (χ4v) is 5.03. The minimum absolute atomic E-state index is 1.16. The fraction of sp³-hybridized carbons (Fsp3) is 0.579. The quantitative estimate of drug-likeness (QED) is 0.489. The van der Waals surface area contributed by atoms with Gasteiger partial charge in [-0.1, -0.05) is 33.6 Å². The van der Waals surface area contributed by atoms with Crippen LogP contribution in [0.15, 0.2) is 12.1 Å². The van der Waals surface area contributed by atoms with Gasteiger partial charge in [0.2, 0.25) is 0 Å². The number of hydrogen-bond donors (Lipinski definition) is 0. The lowest BCUT2D eigenvalue weighted by molar-refractivity contribution is 0.794. The number of aryl methyl sites for hydroxylation is 4. The third-order valence-corrected chi connectivity index (χ3v) is 6.65. The first-order chi connectivity index (χ1) is 10.2. The van der Waals surface area contributed by atoms with Crippen LogP contribution in [0.1, 0.15) is 67.3 Å². The number of thiophene rings is 2. The Bertz CT molecular complexity index is 560. The molecule has 0 spiro atoms. The van der Waals surface area contributed by atoms with Gasteiger partial charge in [0.05, 0.1) is 0 Å². The lowest BCUT2D eigenvalue weighted by Gasteiger charge is -2.00. The summed E-state index contributed by atoms with van der Waals surface area (Å²) in [4.78, 5) is 6.12. The number of unbranched alkanes of at least 4 members (excludes halogenated alkanes) is 2. The van der Waals surface area contributed by atoms with E-state index in [0.717, 1.165) is 6.42 Å². The summed E-state index contributed by atoms with van der Waals surface area (Å²) in [7, 11) is 0. The van der Waals surface area contributed by atoms with Crippen LogP contribution < -0.4 is 0 Å². The first kappa shape index (κ1) is 16.8. The van der Waals surface area contributed by atoms with Crippen LogP contribution >= 0.6 is 22.7 Å². The predicted molar refractivity (Wildman–Crippen MR) is 99.0 cm³/mol. The fourth-order valence-electron chi connectivity index (χ4n) is 2.67. The maximum Gasteiger partial charge on any atom is 0.0477 e. The molecular weight excluding hydrogens is 292 g/mol. The van der Waals surface area contributed by atoms with Crippen molar-refractivity contribution in [2.75, 3.05) is 0 Å². The van der Waals surface area contributed by atoms with E-state index in [9.17, 15) is 0 Å². The standard InChI is InChI=1S/C19H28S2/c1-5-8-10-15-13-18(20-14(15)4)19-16(11-9-6-2)12-17(7-3)21-19/h12-13H,5-11H2,1-4H3. The summed E-state index contributed by atoms with van der Waals surface area (Å²) >= 11 is 4.02. The van der Waals surface area contributed by atoms with Crippen molar-refractivity contribution in [2.24, 2.45) is 0 Å². The highest BCUT2D eigenvalue weighted by Gasteiger charge is 2.14. The smallest absolute Gasteiger partial charge is 0.0477 e. The second kappa shape index (κ2) is 8.14. The summed E-state index contributed by atoms with van der Waals surface area (Å²) in [5, 5.41) is 0. The summed E-state index contributed by atoms with van der Waals surface area (Å²) in [6, 6.07) is 4.92. The van der Waals surface area contributed by atoms with Crippen molar-refractivity contribution in [3.05, 3.63) is 33.0 Å². The van der Waals surface area contributed by atoms with Crippen molar-refractivity contribution in [1.29, 1.82) is 0 Å². The summed E-state index contributed by atoms with van der Waals surface area (Å²) < 4.78 is 0. The molecule has 0 atom stereocenters. The number of hydrogen-bond acceptors (Lipinski definition) is 2. The summed E-state index contributed by atoms with van der Waals surface area (Å²) in [5.74, 6) is 0. The van der Waals surface area contributed by atoms with Crippen LogP contribution in [0.4, 0.5) is 0 Å². The van der Waals surface area contributed by atoms with Crippen molar-refractivity contribution < 1.29 is 0 Å². The molecule has 0 amide bonds. The van der Waals surface area contributed by atoms with Gasteiger partial charge in [-0.2, -0.15) is 0 Å². The van der Waals surface area contributed by atoms with E-state index in [4.69, 9.17) is 0 Å². The first-order valence-corrected chi connectivity index (χ1v) is 10.0. The van der Waals surface area contributed by atoms with Crippen LogP contribution in [-0.2, 0) is 19.3 Å². The van der Waals surface area contributed by atoms with Crippen LogP contribution in [0.3, 0.4) is 0 Å². The van der Waals surface area contributed by atoms with Crippen molar-refractivity contribution in [3.63, 3.8) is 0 Å². The molecule has 2 heteroatoms. The van der Waals surface area contributed by atoms with Crippen molar-refractivity contribution in [2.45, 2.75) is 72.6 Å². The molecule has 116 valence electrons. The zero-order valence-corrected chi connectivity index (χ0v) is 15.6. The molecule has 0 aliphatic carbocycles. The molecule has 0 aliphatic rings. The molecule has 0 aliphatic heterocycles. The molecule has 0 saturated carbocycles. The van der Waals surface area contributed by atoms with Gasteiger partial charge >= 0.3 is 0 Å². The van der Waals surface area contributed by atoms with E-state index in [1.165, 1.54) is 53.2 Å². The van der Waals surface area contributed by atoms with E-state index in [-0.39, 0.29) is 0 Å². The molecule has 21 heavy (non-hydrogen) atoms.